The normalized spacial score (nSPS) is 15.6. The Morgan fingerprint density at radius 2 is 1.69 bits per heavy atom. The van der Waals surface area contributed by atoms with E-state index in [1.165, 1.54) is 11.9 Å². The molecule has 0 radical (unpaired) electrons. The summed E-state index contributed by atoms with van der Waals surface area (Å²) in [6.07, 6.45) is -4.11. The molecule has 98 valence electrons. The van der Waals surface area contributed by atoms with Crippen LogP contribution >= 0.6 is 0 Å². The lowest BCUT2D eigenvalue weighted by atomic mass is 9.88. The lowest BCUT2D eigenvalue weighted by Crippen LogP contribution is -2.42. The fourth-order valence-corrected chi connectivity index (χ4v) is 1.16. The average Bonchev–Trinajstić information content (AvgIpc) is 1.98. The molecule has 0 saturated carbocycles. The molecule has 0 aromatic carbocycles. The predicted molar refractivity (Wildman–Crippen MR) is 60.5 cm³/mol. The molecule has 0 amide bonds. The summed E-state index contributed by atoms with van der Waals surface area (Å²) in [6.45, 7) is 8.48. The summed E-state index contributed by atoms with van der Waals surface area (Å²) in [5, 5.41) is 3.23. The Bertz CT molecular complexity index is 196. The van der Waals surface area contributed by atoms with Crippen molar-refractivity contribution < 1.29 is 13.2 Å². The number of halogens is 3. The molecule has 0 saturated heterocycles. The molecule has 16 heavy (non-hydrogen) atoms. The molecular formula is C11H23F3N2. The Kier molecular flexibility index (Phi) is 5.76. The average molecular weight is 240 g/mol. The van der Waals surface area contributed by atoms with Crippen molar-refractivity contribution in [1.29, 1.82) is 0 Å². The van der Waals surface area contributed by atoms with Crippen molar-refractivity contribution >= 4 is 0 Å². The van der Waals surface area contributed by atoms with Gasteiger partial charge in [-0.2, -0.15) is 13.2 Å². The first-order valence-corrected chi connectivity index (χ1v) is 5.51. The molecule has 0 aromatic heterocycles. The van der Waals surface area contributed by atoms with E-state index in [2.05, 4.69) is 26.1 Å². The van der Waals surface area contributed by atoms with Gasteiger partial charge in [-0.05, 0) is 19.4 Å². The molecule has 0 fully saturated rings. The standard InChI is InChI=1S/C11H23F3N2/c1-9(10(2,3)4)15-6-7-16(5)8-11(12,13)14/h9,15H,6-8H2,1-5H3. The first-order valence-electron chi connectivity index (χ1n) is 5.51. The number of hydrogen-bond acceptors (Lipinski definition) is 2. The molecule has 5 heteroatoms. The van der Waals surface area contributed by atoms with Crippen LogP contribution in [-0.2, 0) is 0 Å². The van der Waals surface area contributed by atoms with Gasteiger partial charge in [-0.1, -0.05) is 20.8 Å². The predicted octanol–water partition coefficient (Wildman–Crippen LogP) is 2.50. The van der Waals surface area contributed by atoms with Crippen molar-refractivity contribution in [3.05, 3.63) is 0 Å². The van der Waals surface area contributed by atoms with Crippen molar-refractivity contribution in [1.82, 2.24) is 10.2 Å². The molecule has 1 unspecified atom stereocenters. The summed E-state index contributed by atoms with van der Waals surface area (Å²) in [6, 6.07) is 0.284. The minimum Gasteiger partial charge on any atom is -0.312 e. The lowest BCUT2D eigenvalue weighted by molar-refractivity contribution is -0.142. The Balaban J connectivity index is 3.75. The molecule has 0 aromatic rings. The molecule has 0 rings (SSSR count). The second kappa shape index (κ2) is 5.87. The van der Waals surface area contributed by atoms with Crippen LogP contribution in [0.15, 0.2) is 0 Å². The Morgan fingerprint density at radius 1 is 1.19 bits per heavy atom. The Hall–Kier alpha value is -0.290. The van der Waals surface area contributed by atoms with Gasteiger partial charge in [0, 0.05) is 19.1 Å². The summed E-state index contributed by atoms with van der Waals surface area (Å²) >= 11 is 0. The van der Waals surface area contributed by atoms with Crippen molar-refractivity contribution in [2.24, 2.45) is 5.41 Å². The first kappa shape index (κ1) is 15.7. The molecule has 0 aliphatic carbocycles. The van der Waals surface area contributed by atoms with Crippen LogP contribution in [0.1, 0.15) is 27.7 Å². The number of alkyl halides is 3. The van der Waals surface area contributed by atoms with Gasteiger partial charge in [-0.3, -0.25) is 4.90 Å². The Morgan fingerprint density at radius 3 is 2.06 bits per heavy atom. The van der Waals surface area contributed by atoms with Gasteiger partial charge < -0.3 is 5.32 Å². The summed E-state index contributed by atoms with van der Waals surface area (Å²) in [5.41, 5.74) is 0.128. The summed E-state index contributed by atoms with van der Waals surface area (Å²) in [4.78, 5) is 1.28. The third-order valence-corrected chi connectivity index (χ3v) is 2.69. The second-order valence-electron chi connectivity index (χ2n) is 5.39. The van der Waals surface area contributed by atoms with E-state index in [0.29, 0.717) is 13.1 Å². The smallest absolute Gasteiger partial charge is 0.312 e. The number of nitrogens with one attached hydrogen (secondary N) is 1. The van der Waals surface area contributed by atoms with Crippen LogP contribution in [0.3, 0.4) is 0 Å². The van der Waals surface area contributed by atoms with Crippen LogP contribution in [0, 0.1) is 5.41 Å². The zero-order chi connectivity index (χ0) is 13.0. The van der Waals surface area contributed by atoms with Crippen LogP contribution < -0.4 is 5.32 Å². The van der Waals surface area contributed by atoms with E-state index in [1.807, 2.05) is 6.92 Å². The maximum atomic E-state index is 12.0. The summed E-state index contributed by atoms with van der Waals surface area (Å²) in [7, 11) is 1.48. The minimum absolute atomic E-state index is 0.128. The van der Waals surface area contributed by atoms with Crippen LogP contribution in [0.2, 0.25) is 0 Å². The highest BCUT2D eigenvalue weighted by atomic mass is 19.4. The molecular weight excluding hydrogens is 217 g/mol. The number of hydrogen-bond donors (Lipinski definition) is 1. The van der Waals surface area contributed by atoms with Crippen LogP contribution in [-0.4, -0.2) is 43.8 Å². The summed E-state index contributed by atoms with van der Waals surface area (Å²) in [5.74, 6) is 0. The lowest BCUT2D eigenvalue weighted by Gasteiger charge is -2.29. The van der Waals surface area contributed by atoms with Gasteiger partial charge >= 0.3 is 6.18 Å². The highest BCUT2D eigenvalue weighted by Gasteiger charge is 2.29. The van der Waals surface area contributed by atoms with E-state index in [0.717, 1.165) is 0 Å². The number of nitrogens with zero attached hydrogens (tertiary/aromatic N) is 1. The van der Waals surface area contributed by atoms with Crippen LogP contribution in [0.5, 0.6) is 0 Å². The molecule has 1 atom stereocenters. The third-order valence-electron chi connectivity index (χ3n) is 2.69. The molecule has 0 spiro atoms. The quantitative estimate of drug-likeness (QED) is 0.794. The van der Waals surface area contributed by atoms with Gasteiger partial charge in [-0.25, -0.2) is 0 Å². The van der Waals surface area contributed by atoms with Gasteiger partial charge in [0.2, 0.25) is 0 Å². The van der Waals surface area contributed by atoms with E-state index in [9.17, 15) is 13.2 Å². The fraction of sp³-hybridized carbons (Fsp3) is 1.00. The van der Waals surface area contributed by atoms with Gasteiger partial charge in [0.15, 0.2) is 0 Å². The highest BCUT2D eigenvalue weighted by molar-refractivity contribution is 4.76. The molecule has 0 bridgehead atoms. The number of rotatable bonds is 5. The van der Waals surface area contributed by atoms with E-state index < -0.39 is 12.7 Å². The molecule has 2 nitrogen and oxygen atoms in total. The van der Waals surface area contributed by atoms with Crippen molar-refractivity contribution in [3.63, 3.8) is 0 Å². The van der Waals surface area contributed by atoms with Gasteiger partial charge in [-0.15, -0.1) is 0 Å². The minimum atomic E-state index is -4.11. The van der Waals surface area contributed by atoms with Gasteiger partial charge in [0.1, 0.15) is 0 Å². The summed E-state index contributed by atoms with van der Waals surface area (Å²) < 4.78 is 36.1. The molecule has 1 N–H and O–H groups in total. The first-order chi connectivity index (χ1) is 7.02. The molecule has 0 aliphatic rings. The zero-order valence-electron chi connectivity index (χ0n) is 10.8. The van der Waals surface area contributed by atoms with E-state index in [4.69, 9.17) is 0 Å². The van der Waals surface area contributed by atoms with E-state index in [1.54, 1.807) is 0 Å². The Labute approximate surface area is 96.2 Å². The van der Waals surface area contributed by atoms with Crippen molar-refractivity contribution in [3.8, 4) is 0 Å². The van der Waals surface area contributed by atoms with Crippen molar-refractivity contribution in [2.75, 3.05) is 26.7 Å². The molecule has 0 heterocycles. The zero-order valence-corrected chi connectivity index (χ0v) is 10.8. The van der Waals surface area contributed by atoms with Crippen LogP contribution in [0.4, 0.5) is 13.2 Å². The van der Waals surface area contributed by atoms with E-state index >= 15 is 0 Å². The number of likely N-dealkylation sites (N-methyl/N-ethyl adjacent to an activating group) is 1. The van der Waals surface area contributed by atoms with Gasteiger partial charge in [0.25, 0.3) is 0 Å². The van der Waals surface area contributed by atoms with Gasteiger partial charge in [0.05, 0.1) is 6.54 Å². The fourth-order valence-electron chi connectivity index (χ4n) is 1.16. The largest absolute Gasteiger partial charge is 0.401 e. The SMILES string of the molecule is CC(NCCN(C)CC(F)(F)F)C(C)(C)C. The van der Waals surface area contributed by atoms with Crippen LogP contribution in [0.25, 0.3) is 0 Å². The van der Waals surface area contributed by atoms with E-state index in [-0.39, 0.29) is 11.5 Å². The maximum Gasteiger partial charge on any atom is 0.401 e. The topological polar surface area (TPSA) is 15.3 Å². The monoisotopic (exact) mass is 240 g/mol. The molecule has 0 aliphatic heterocycles. The second-order valence-corrected chi connectivity index (χ2v) is 5.39. The third kappa shape index (κ3) is 7.93. The highest BCUT2D eigenvalue weighted by Crippen LogP contribution is 2.18. The maximum absolute atomic E-state index is 12.0. The van der Waals surface area contributed by atoms with Crippen molar-refractivity contribution in [2.45, 2.75) is 39.9 Å².